The van der Waals surface area contributed by atoms with Gasteiger partial charge in [0.1, 0.15) is 6.04 Å². The van der Waals surface area contributed by atoms with Crippen molar-refractivity contribution in [3.63, 3.8) is 0 Å². The number of nitrogens with one attached hydrogen (secondary N) is 1. The summed E-state index contributed by atoms with van der Waals surface area (Å²) < 4.78 is 12.3. The van der Waals surface area contributed by atoms with Crippen LogP contribution in [0.1, 0.15) is 19.8 Å². The van der Waals surface area contributed by atoms with E-state index in [2.05, 4.69) is 5.32 Å². The lowest BCUT2D eigenvalue weighted by atomic mass is 10.1. The summed E-state index contributed by atoms with van der Waals surface area (Å²) in [7, 11) is -3.55. The van der Waals surface area contributed by atoms with E-state index in [0.717, 1.165) is 4.67 Å². The summed E-state index contributed by atoms with van der Waals surface area (Å²) in [6.45, 7) is 1.59. The van der Waals surface area contributed by atoms with Crippen molar-refractivity contribution in [1.82, 2.24) is 9.99 Å². The smallest absolute Gasteiger partial charge is 0.302 e. The van der Waals surface area contributed by atoms with E-state index in [0.29, 0.717) is 12.8 Å². The van der Waals surface area contributed by atoms with Crippen LogP contribution >= 0.6 is 7.59 Å². The van der Waals surface area contributed by atoms with Crippen LogP contribution in [0.15, 0.2) is 0 Å². The molecule has 1 rings (SSSR count). The first-order valence-electron chi connectivity index (χ1n) is 4.58. The Kier molecular flexibility index (Phi) is 3.49. The van der Waals surface area contributed by atoms with Gasteiger partial charge in [-0.25, -0.2) is 0 Å². The van der Waals surface area contributed by atoms with Gasteiger partial charge in [-0.1, -0.05) is 0 Å². The molecule has 5 N–H and O–H groups in total. The number of rotatable bonds is 2. The van der Waals surface area contributed by atoms with Gasteiger partial charge >= 0.3 is 7.59 Å². The van der Waals surface area contributed by atoms with E-state index >= 15 is 0 Å². The van der Waals surface area contributed by atoms with E-state index in [-0.39, 0.29) is 12.5 Å². The molecular weight excluding hydrogens is 219 g/mol. The van der Waals surface area contributed by atoms with Gasteiger partial charge in [-0.05, 0) is 12.8 Å². The van der Waals surface area contributed by atoms with Gasteiger partial charge in [-0.3, -0.25) is 29.8 Å². The third-order valence-electron chi connectivity index (χ3n) is 2.17. The lowest BCUT2D eigenvalue weighted by molar-refractivity contribution is -0.134. The van der Waals surface area contributed by atoms with Crippen LogP contribution in [0.25, 0.3) is 0 Å². The zero-order chi connectivity index (χ0) is 11.6. The molecule has 1 aliphatic heterocycles. The monoisotopic (exact) mass is 234 g/mol. The summed E-state index contributed by atoms with van der Waals surface area (Å²) in [6, 6.07) is -0.656. The molecule has 1 unspecified atom stereocenters. The highest BCUT2D eigenvalue weighted by Crippen LogP contribution is 2.35. The summed E-state index contributed by atoms with van der Waals surface area (Å²) in [6.07, 6.45) is 1.14. The Morgan fingerprint density at radius 3 is 2.67 bits per heavy atom. The van der Waals surface area contributed by atoms with Gasteiger partial charge in [0, 0.05) is 13.5 Å². The average molecular weight is 234 g/mol. The largest absolute Gasteiger partial charge is 0.345 e. The van der Waals surface area contributed by atoms with Crippen molar-refractivity contribution in [2.45, 2.75) is 25.8 Å². The molecule has 0 aromatic carbocycles. The van der Waals surface area contributed by atoms with Gasteiger partial charge in [-0.2, -0.15) is 0 Å². The van der Waals surface area contributed by atoms with Crippen molar-refractivity contribution in [3.05, 3.63) is 0 Å². The Balaban J connectivity index is 2.76. The number of piperidine rings is 1. The second kappa shape index (κ2) is 4.30. The van der Waals surface area contributed by atoms with Crippen molar-refractivity contribution >= 4 is 19.4 Å². The molecule has 1 atom stereocenters. The van der Waals surface area contributed by atoms with Crippen LogP contribution in [0.4, 0.5) is 0 Å². The highest BCUT2D eigenvalue weighted by molar-refractivity contribution is 7.57. The molecule has 0 saturated carbocycles. The zero-order valence-electron chi connectivity index (χ0n) is 8.47. The van der Waals surface area contributed by atoms with E-state index in [1.807, 2.05) is 0 Å². The maximum Gasteiger partial charge on any atom is 0.302 e. The quantitative estimate of drug-likeness (QED) is 0.537. The predicted molar refractivity (Wildman–Crippen MR) is 54.5 cm³/mol. The van der Waals surface area contributed by atoms with E-state index in [1.54, 1.807) is 0 Å². The van der Waals surface area contributed by atoms with Crippen molar-refractivity contribution in [2.24, 2.45) is 11.0 Å². The lowest BCUT2D eigenvalue weighted by Gasteiger charge is -2.33. The molecular formula is C7H15N4O3P. The Hall–Kier alpha value is -0.910. The second-order valence-electron chi connectivity index (χ2n) is 3.53. The fourth-order valence-corrected chi connectivity index (χ4v) is 2.45. The van der Waals surface area contributed by atoms with Crippen molar-refractivity contribution in [2.75, 3.05) is 6.54 Å². The maximum absolute atomic E-state index is 11.7. The second-order valence-corrected chi connectivity index (χ2v) is 5.36. The summed E-state index contributed by atoms with van der Waals surface area (Å²) in [5, 5.41) is 2.47. The van der Waals surface area contributed by atoms with Crippen molar-refractivity contribution in [3.8, 4) is 0 Å². The maximum atomic E-state index is 11.7. The van der Waals surface area contributed by atoms with E-state index in [4.69, 9.17) is 11.0 Å². The predicted octanol–water partition coefficient (Wildman–Crippen LogP) is -0.861. The molecule has 0 bridgehead atoms. The molecule has 7 nitrogen and oxygen atoms in total. The summed E-state index contributed by atoms with van der Waals surface area (Å²) in [5.41, 5.74) is 10.4. The molecule has 1 heterocycles. The van der Waals surface area contributed by atoms with Crippen LogP contribution in [0.3, 0.4) is 0 Å². The Bertz CT molecular complexity index is 326. The molecule has 0 aromatic rings. The number of hydrogen-bond acceptors (Lipinski definition) is 3. The van der Waals surface area contributed by atoms with Crippen LogP contribution in [0.5, 0.6) is 0 Å². The minimum absolute atomic E-state index is 0.277. The standard InChI is InChI=1S/C7H15N4O3P/c1-5(12)10-6-3-2-4-11(7(6)13)15(8,9)14/h6H,2-4H2,1H3,(H,10,12)(H4,8,9,14). The van der Waals surface area contributed by atoms with Crippen LogP contribution in [0.2, 0.25) is 0 Å². The molecule has 15 heavy (non-hydrogen) atoms. The van der Waals surface area contributed by atoms with Crippen LogP contribution in [-0.2, 0) is 14.2 Å². The minimum atomic E-state index is -3.55. The van der Waals surface area contributed by atoms with Gasteiger partial charge in [-0.15, -0.1) is 0 Å². The Labute approximate surface area is 87.7 Å². The summed E-state index contributed by atoms with van der Waals surface area (Å²) >= 11 is 0. The van der Waals surface area contributed by atoms with Gasteiger partial charge in [0.2, 0.25) is 5.91 Å². The van der Waals surface area contributed by atoms with Crippen molar-refractivity contribution < 1.29 is 14.2 Å². The fraction of sp³-hybridized carbons (Fsp3) is 0.714. The highest BCUT2D eigenvalue weighted by Gasteiger charge is 2.35. The normalized spacial score (nSPS) is 22.7. The van der Waals surface area contributed by atoms with Crippen LogP contribution < -0.4 is 16.3 Å². The minimum Gasteiger partial charge on any atom is -0.345 e. The Morgan fingerprint density at radius 1 is 1.60 bits per heavy atom. The van der Waals surface area contributed by atoms with E-state index < -0.39 is 19.5 Å². The third kappa shape index (κ3) is 3.02. The number of amides is 2. The molecule has 86 valence electrons. The molecule has 0 spiro atoms. The van der Waals surface area contributed by atoms with Crippen LogP contribution in [-0.4, -0.2) is 29.1 Å². The van der Waals surface area contributed by atoms with Gasteiger partial charge in [0.25, 0.3) is 5.91 Å². The third-order valence-corrected chi connectivity index (χ3v) is 3.32. The molecule has 2 amide bonds. The van der Waals surface area contributed by atoms with Gasteiger partial charge in [0.05, 0.1) is 0 Å². The van der Waals surface area contributed by atoms with E-state index in [1.165, 1.54) is 6.92 Å². The topological polar surface area (TPSA) is 119 Å². The Morgan fingerprint density at radius 2 is 2.20 bits per heavy atom. The molecule has 8 heteroatoms. The summed E-state index contributed by atoms with van der Waals surface area (Å²) in [4.78, 5) is 22.5. The molecule has 0 radical (unpaired) electrons. The SMILES string of the molecule is CC(=O)NC1CCCN(P(N)(N)=O)C1=O. The number of nitrogens with zero attached hydrogens (tertiary/aromatic N) is 1. The molecule has 1 saturated heterocycles. The van der Waals surface area contributed by atoms with Crippen molar-refractivity contribution in [1.29, 1.82) is 0 Å². The van der Waals surface area contributed by atoms with Gasteiger partial charge in [0.15, 0.2) is 0 Å². The number of hydrogen-bond donors (Lipinski definition) is 3. The number of carbonyl (C=O) groups is 2. The average Bonchev–Trinajstić information content (AvgIpc) is 2.05. The first-order valence-corrected chi connectivity index (χ1v) is 6.38. The lowest BCUT2D eigenvalue weighted by Crippen LogP contribution is -2.52. The molecule has 1 aliphatic rings. The van der Waals surface area contributed by atoms with E-state index in [9.17, 15) is 14.2 Å². The fourth-order valence-electron chi connectivity index (χ4n) is 1.55. The molecule has 0 aliphatic carbocycles. The number of carbonyl (C=O) groups excluding carboxylic acids is 2. The number of nitrogens with two attached hydrogens (primary N) is 2. The first-order chi connectivity index (χ1) is 6.82. The zero-order valence-corrected chi connectivity index (χ0v) is 9.37. The molecule has 0 aromatic heterocycles. The highest BCUT2D eigenvalue weighted by atomic mass is 31.2. The van der Waals surface area contributed by atoms with Gasteiger partial charge < -0.3 is 5.32 Å². The molecule has 1 fully saturated rings. The first kappa shape index (κ1) is 12.2. The summed E-state index contributed by atoms with van der Waals surface area (Å²) in [5.74, 6) is -0.774. The van der Waals surface area contributed by atoms with Crippen LogP contribution in [0, 0.1) is 0 Å².